The van der Waals surface area contributed by atoms with Crippen LogP contribution in [0.25, 0.3) is 0 Å². The maximum Gasteiger partial charge on any atom is 0.234 e. The first kappa shape index (κ1) is 12.6. The number of rotatable bonds is 2. The smallest absolute Gasteiger partial charge is 0.234 e. The van der Waals surface area contributed by atoms with Gasteiger partial charge in [0.1, 0.15) is 0 Å². The summed E-state index contributed by atoms with van der Waals surface area (Å²) < 4.78 is 0. The quantitative estimate of drug-likeness (QED) is 0.621. The van der Waals surface area contributed by atoms with Crippen molar-refractivity contribution in [2.75, 3.05) is 0 Å². The van der Waals surface area contributed by atoms with Gasteiger partial charge >= 0.3 is 0 Å². The van der Waals surface area contributed by atoms with Gasteiger partial charge in [-0.15, -0.1) is 0 Å². The van der Waals surface area contributed by atoms with Crippen LogP contribution >= 0.6 is 0 Å². The highest BCUT2D eigenvalue weighted by molar-refractivity contribution is 6.06. The predicted octanol–water partition coefficient (Wildman–Crippen LogP) is 2.55. The van der Waals surface area contributed by atoms with Crippen molar-refractivity contribution >= 4 is 11.8 Å². The Morgan fingerprint density at radius 1 is 0.955 bits per heavy atom. The molecule has 22 heavy (non-hydrogen) atoms. The molecule has 1 aromatic rings. The van der Waals surface area contributed by atoms with Crippen molar-refractivity contribution < 1.29 is 9.59 Å². The second-order valence-corrected chi connectivity index (χ2v) is 7.40. The molecule has 0 radical (unpaired) electrons. The molecule has 0 N–H and O–H groups in total. The van der Waals surface area contributed by atoms with Crippen molar-refractivity contribution in [2.24, 2.45) is 35.5 Å². The molecular formula is C19H19NO2. The number of hydrogen-bond acceptors (Lipinski definition) is 2. The van der Waals surface area contributed by atoms with Crippen molar-refractivity contribution in [2.45, 2.75) is 19.9 Å². The van der Waals surface area contributed by atoms with Gasteiger partial charge in [0.15, 0.2) is 0 Å². The van der Waals surface area contributed by atoms with E-state index in [0.29, 0.717) is 30.2 Å². The van der Waals surface area contributed by atoms with Crippen molar-refractivity contribution in [1.29, 1.82) is 0 Å². The van der Waals surface area contributed by atoms with E-state index < -0.39 is 0 Å². The van der Waals surface area contributed by atoms with E-state index in [2.05, 4.69) is 12.2 Å². The minimum Gasteiger partial charge on any atom is -0.278 e. The Balaban J connectivity index is 1.46. The molecule has 112 valence electrons. The number of hydrogen-bond donors (Lipinski definition) is 0. The predicted molar refractivity (Wildman–Crippen MR) is 81.4 cm³/mol. The summed E-state index contributed by atoms with van der Waals surface area (Å²) in [5, 5.41) is 0. The zero-order valence-electron chi connectivity index (χ0n) is 12.6. The number of carbonyl (C=O) groups excluding carboxylic acids is 2. The average Bonchev–Trinajstić information content (AvgIpc) is 3.30. The van der Waals surface area contributed by atoms with Crippen LogP contribution in [0.2, 0.25) is 0 Å². The number of amides is 2. The molecular weight excluding hydrogens is 274 g/mol. The Hall–Kier alpha value is -1.90. The van der Waals surface area contributed by atoms with E-state index in [9.17, 15) is 9.59 Å². The SMILES string of the molecule is Cc1ccc(CN2C(=O)[C@@H]3[C@H]4C=C[C@@H]([C@@H]5C[C@@H]45)[C@@H]3C2=O)cc1. The van der Waals surface area contributed by atoms with Gasteiger partial charge in [-0.3, -0.25) is 14.5 Å². The van der Waals surface area contributed by atoms with Gasteiger partial charge in [-0.05, 0) is 42.6 Å². The minimum atomic E-state index is -0.0725. The lowest BCUT2D eigenvalue weighted by atomic mass is 9.63. The fourth-order valence-corrected chi connectivity index (χ4v) is 5.05. The first-order chi connectivity index (χ1) is 10.6. The lowest BCUT2D eigenvalue weighted by Gasteiger charge is -2.37. The van der Waals surface area contributed by atoms with E-state index in [4.69, 9.17) is 0 Å². The number of carbonyl (C=O) groups is 2. The van der Waals surface area contributed by atoms with Crippen molar-refractivity contribution in [1.82, 2.24) is 4.90 Å². The van der Waals surface area contributed by atoms with Gasteiger partial charge in [0, 0.05) is 0 Å². The number of nitrogens with zero attached hydrogens (tertiary/aromatic N) is 1. The number of imide groups is 1. The Bertz CT molecular complexity index is 669. The topological polar surface area (TPSA) is 37.4 Å². The third-order valence-electron chi connectivity index (χ3n) is 6.22. The Kier molecular flexibility index (Phi) is 2.35. The third kappa shape index (κ3) is 1.52. The molecule has 0 aromatic heterocycles. The lowest BCUT2D eigenvalue weighted by molar-refractivity contribution is -0.140. The summed E-state index contributed by atoms with van der Waals surface area (Å²) in [6.45, 7) is 2.47. The molecule has 1 saturated heterocycles. The molecule has 1 aliphatic heterocycles. The number of aryl methyl sites for hydroxylation is 1. The average molecular weight is 293 g/mol. The zero-order valence-corrected chi connectivity index (χ0v) is 12.6. The third-order valence-corrected chi connectivity index (χ3v) is 6.22. The highest BCUT2D eigenvalue weighted by Gasteiger charge is 2.66. The second kappa shape index (κ2) is 4.09. The molecule has 3 fully saturated rings. The van der Waals surface area contributed by atoms with Crippen LogP contribution in [0, 0.1) is 42.4 Å². The molecule has 6 rings (SSSR count). The summed E-state index contributed by atoms with van der Waals surface area (Å²) in [5.74, 6) is 1.98. The van der Waals surface area contributed by atoms with Crippen LogP contribution in [0.15, 0.2) is 36.4 Å². The van der Waals surface area contributed by atoms with Gasteiger partial charge in [-0.25, -0.2) is 0 Å². The van der Waals surface area contributed by atoms with Crippen LogP contribution in [0.4, 0.5) is 0 Å². The van der Waals surface area contributed by atoms with E-state index in [1.54, 1.807) is 0 Å². The standard InChI is InChI=1S/C19H19NO2/c1-10-2-4-11(5-3-10)9-20-18(21)16-12-6-7-13(15-8-14(12)15)17(16)19(20)22/h2-7,12-17H,8-9H2,1H3/t12-,13-,14-,15-,16-,17+/m0/s1. The molecule has 2 bridgehead atoms. The zero-order chi connectivity index (χ0) is 15.0. The molecule has 1 heterocycles. The van der Waals surface area contributed by atoms with Crippen molar-refractivity contribution in [3.05, 3.63) is 47.5 Å². The van der Waals surface area contributed by atoms with Gasteiger partial charge in [0.05, 0.1) is 18.4 Å². The van der Waals surface area contributed by atoms with Crippen LogP contribution in [0.3, 0.4) is 0 Å². The van der Waals surface area contributed by atoms with E-state index in [-0.39, 0.29) is 23.7 Å². The molecule has 1 aromatic carbocycles. The fourth-order valence-electron chi connectivity index (χ4n) is 5.05. The lowest BCUT2D eigenvalue weighted by Crippen LogP contribution is -2.40. The molecule has 3 heteroatoms. The Morgan fingerprint density at radius 2 is 1.50 bits per heavy atom. The van der Waals surface area contributed by atoms with Crippen LogP contribution in [0.1, 0.15) is 17.5 Å². The largest absolute Gasteiger partial charge is 0.278 e. The molecule has 4 aliphatic carbocycles. The summed E-state index contributed by atoms with van der Waals surface area (Å²) in [6, 6.07) is 8.10. The minimum absolute atomic E-state index is 0.0697. The fraction of sp³-hybridized carbons (Fsp3) is 0.474. The molecule has 2 saturated carbocycles. The second-order valence-electron chi connectivity index (χ2n) is 7.40. The molecule has 5 aliphatic rings. The highest BCUT2D eigenvalue weighted by Crippen LogP contribution is 2.65. The van der Waals surface area contributed by atoms with Crippen molar-refractivity contribution in [3.8, 4) is 0 Å². The molecule has 3 nitrogen and oxygen atoms in total. The van der Waals surface area contributed by atoms with Gasteiger partial charge in [-0.2, -0.15) is 0 Å². The maximum absolute atomic E-state index is 12.8. The maximum atomic E-state index is 12.8. The summed E-state index contributed by atoms with van der Waals surface area (Å²) in [7, 11) is 0. The number of allylic oxidation sites excluding steroid dienone is 2. The molecule has 6 atom stereocenters. The van der Waals surface area contributed by atoms with Crippen LogP contribution in [-0.4, -0.2) is 16.7 Å². The summed E-state index contributed by atoms with van der Waals surface area (Å²) in [6.07, 6.45) is 5.66. The van der Waals surface area contributed by atoms with Crippen molar-refractivity contribution in [3.63, 3.8) is 0 Å². The number of benzene rings is 1. The van der Waals surface area contributed by atoms with Crippen LogP contribution in [0.5, 0.6) is 0 Å². The summed E-state index contributed by atoms with van der Waals surface area (Å²) in [5.41, 5.74) is 2.23. The molecule has 0 unspecified atom stereocenters. The van der Waals surface area contributed by atoms with E-state index in [0.717, 1.165) is 5.56 Å². The molecule has 0 spiro atoms. The van der Waals surface area contributed by atoms with Gasteiger partial charge in [0.25, 0.3) is 0 Å². The Labute approximate surface area is 130 Å². The number of likely N-dealkylation sites (tertiary alicyclic amines) is 1. The monoisotopic (exact) mass is 293 g/mol. The highest BCUT2D eigenvalue weighted by atomic mass is 16.2. The Morgan fingerprint density at radius 3 is 2.05 bits per heavy atom. The van der Waals surface area contributed by atoms with Gasteiger partial charge < -0.3 is 0 Å². The normalized spacial score (nSPS) is 40.9. The first-order valence-electron chi connectivity index (χ1n) is 8.24. The van der Waals surface area contributed by atoms with Gasteiger partial charge in [-0.1, -0.05) is 42.0 Å². The van der Waals surface area contributed by atoms with E-state index in [1.165, 1.54) is 16.9 Å². The van der Waals surface area contributed by atoms with E-state index >= 15 is 0 Å². The molecule has 2 amide bonds. The first-order valence-corrected chi connectivity index (χ1v) is 8.24. The summed E-state index contributed by atoms with van der Waals surface area (Å²) in [4.78, 5) is 27.2. The summed E-state index contributed by atoms with van der Waals surface area (Å²) >= 11 is 0. The van der Waals surface area contributed by atoms with Crippen LogP contribution < -0.4 is 0 Å². The van der Waals surface area contributed by atoms with Crippen LogP contribution in [-0.2, 0) is 16.1 Å². The van der Waals surface area contributed by atoms with Gasteiger partial charge in [0.2, 0.25) is 11.8 Å². The van der Waals surface area contributed by atoms with E-state index in [1.807, 2.05) is 31.2 Å².